The van der Waals surface area contributed by atoms with Crippen LogP contribution in [0.25, 0.3) is 0 Å². The number of sulfonamides is 1. The highest BCUT2D eigenvalue weighted by Gasteiger charge is 2.10. The topological polar surface area (TPSA) is 113 Å². The molecule has 0 aliphatic carbocycles. The highest BCUT2D eigenvalue weighted by atomic mass is 32.2. The van der Waals surface area contributed by atoms with Crippen LogP contribution in [0.2, 0.25) is 0 Å². The molecule has 0 spiro atoms. The summed E-state index contributed by atoms with van der Waals surface area (Å²) in [5.74, 6) is 0.430. The molecule has 98 valence electrons. The predicted molar refractivity (Wildman–Crippen MR) is 62.6 cm³/mol. The van der Waals surface area contributed by atoms with E-state index in [1.165, 1.54) is 0 Å². The minimum atomic E-state index is -3.26. The summed E-state index contributed by atoms with van der Waals surface area (Å²) >= 11 is 0. The Balaban J connectivity index is 2.17. The number of nitrogens with one attached hydrogen (secondary N) is 3. The van der Waals surface area contributed by atoms with E-state index in [1.807, 2.05) is 0 Å². The van der Waals surface area contributed by atoms with Crippen LogP contribution in [0.4, 0.5) is 0 Å². The Bertz CT molecular complexity index is 390. The monoisotopic (exact) mass is 262 g/mol. The van der Waals surface area contributed by atoms with E-state index in [0.717, 1.165) is 13.0 Å². The smallest absolute Gasteiger partial charge is 0.212 e. The summed E-state index contributed by atoms with van der Waals surface area (Å²) in [7, 11) is -3.26. The Morgan fingerprint density at radius 2 is 2.18 bits per heavy atom. The molecule has 8 nitrogen and oxygen atoms in total. The highest BCUT2D eigenvalue weighted by Crippen LogP contribution is 1.91. The predicted octanol–water partition coefficient (Wildman–Crippen LogP) is -0.991. The largest absolute Gasteiger partial charge is 0.317 e. The van der Waals surface area contributed by atoms with Gasteiger partial charge < -0.3 is 5.32 Å². The van der Waals surface area contributed by atoms with Crippen molar-refractivity contribution in [2.24, 2.45) is 0 Å². The second-order valence-electron chi connectivity index (χ2n) is 3.57. The standard InChI is InChI=1S/C8H18N6O2S/c1-2-4-9-5-3-6-17(15,16)10-7-8-11-13-14-12-8/h9-10H,2-7H2,1H3,(H,11,12,13,14). The normalized spacial score (nSPS) is 11.8. The van der Waals surface area contributed by atoms with Crippen molar-refractivity contribution in [3.63, 3.8) is 0 Å². The van der Waals surface area contributed by atoms with Crippen molar-refractivity contribution < 1.29 is 8.42 Å². The van der Waals surface area contributed by atoms with Crippen molar-refractivity contribution in [1.82, 2.24) is 30.7 Å². The Hall–Kier alpha value is -1.06. The van der Waals surface area contributed by atoms with Crippen LogP contribution in [-0.2, 0) is 16.6 Å². The fourth-order valence-electron chi connectivity index (χ4n) is 1.19. The van der Waals surface area contributed by atoms with Crippen molar-refractivity contribution in [3.8, 4) is 0 Å². The Labute approximate surface area is 101 Å². The fourth-order valence-corrected chi connectivity index (χ4v) is 2.21. The average Bonchev–Trinajstić information content (AvgIpc) is 2.79. The van der Waals surface area contributed by atoms with Crippen LogP contribution in [0.15, 0.2) is 0 Å². The lowest BCUT2D eigenvalue weighted by molar-refractivity contribution is 0.572. The van der Waals surface area contributed by atoms with Gasteiger partial charge in [0.25, 0.3) is 0 Å². The number of hydrogen-bond donors (Lipinski definition) is 3. The number of rotatable bonds is 9. The molecule has 0 aliphatic heterocycles. The molecule has 0 aliphatic rings. The zero-order valence-corrected chi connectivity index (χ0v) is 10.6. The average molecular weight is 262 g/mol. The maximum atomic E-state index is 11.5. The molecule has 9 heteroatoms. The molecule has 1 aromatic rings. The van der Waals surface area contributed by atoms with Crippen molar-refractivity contribution in [2.45, 2.75) is 26.3 Å². The van der Waals surface area contributed by atoms with Gasteiger partial charge in [-0.05, 0) is 25.9 Å². The van der Waals surface area contributed by atoms with Gasteiger partial charge in [0.1, 0.15) is 0 Å². The quantitative estimate of drug-likeness (QED) is 0.492. The molecule has 17 heavy (non-hydrogen) atoms. The molecular formula is C8H18N6O2S. The van der Waals surface area contributed by atoms with Crippen molar-refractivity contribution in [3.05, 3.63) is 5.82 Å². The van der Waals surface area contributed by atoms with E-state index in [4.69, 9.17) is 0 Å². The van der Waals surface area contributed by atoms with Crippen molar-refractivity contribution >= 4 is 10.0 Å². The molecule has 1 heterocycles. The van der Waals surface area contributed by atoms with E-state index in [2.05, 4.69) is 37.6 Å². The molecule has 0 fully saturated rings. The maximum absolute atomic E-state index is 11.5. The summed E-state index contributed by atoms with van der Waals surface area (Å²) in [6.07, 6.45) is 1.63. The zero-order valence-electron chi connectivity index (χ0n) is 9.81. The van der Waals surface area contributed by atoms with Gasteiger partial charge >= 0.3 is 0 Å². The van der Waals surface area contributed by atoms with Crippen LogP contribution in [0.3, 0.4) is 0 Å². The maximum Gasteiger partial charge on any atom is 0.212 e. The number of aromatic nitrogens is 4. The van der Waals surface area contributed by atoms with E-state index in [-0.39, 0.29) is 12.3 Å². The van der Waals surface area contributed by atoms with E-state index >= 15 is 0 Å². The third-order valence-electron chi connectivity index (χ3n) is 2.03. The van der Waals surface area contributed by atoms with Crippen LogP contribution in [-0.4, -0.2) is 47.9 Å². The zero-order chi connectivity index (χ0) is 12.6. The summed E-state index contributed by atoms with van der Waals surface area (Å²) in [4.78, 5) is 0. The molecule has 1 rings (SSSR count). The Kier molecular flexibility index (Phi) is 6.01. The van der Waals surface area contributed by atoms with Crippen LogP contribution >= 0.6 is 0 Å². The SMILES string of the molecule is CCCNCCCS(=O)(=O)NCc1nn[nH]n1. The van der Waals surface area contributed by atoms with Gasteiger partial charge in [-0.3, -0.25) is 0 Å². The molecule has 0 unspecified atom stereocenters. The number of tetrazole rings is 1. The van der Waals surface area contributed by atoms with Crippen molar-refractivity contribution in [1.29, 1.82) is 0 Å². The highest BCUT2D eigenvalue weighted by molar-refractivity contribution is 7.89. The molecule has 0 saturated carbocycles. The molecule has 0 bridgehead atoms. The summed E-state index contributed by atoms with van der Waals surface area (Å²) < 4.78 is 25.5. The van der Waals surface area contributed by atoms with Gasteiger partial charge in [-0.2, -0.15) is 5.21 Å². The van der Waals surface area contributed by atoms with Gasteiger partial charge in [-0.25, -0.2) is 13.1 Å². The molecule has 0 saturated heterocycles. The van der Waals surface area contributed by atoms with E-state index < -0.39 is 10.0 Å². The van der Waals surface area contributed by atoms with E-state index in [0.29, 0.717) is 18.8 Å². The lowest BCUT2D eigenvalue weighted by atomic mass is 10.4. The first-order chi connectivity index (χ1) is 8.14. The number of nitrogens with zero attached hydrogens (tertiary/aromatic N) is 3. The summed E-state index contributed by atoms with van der Waals surface area (Å²) in [5, 5.41) is 16.0. The summed E-state index contributed by atoms with van der Waals surface area (Å²) in [6, 6.07) is 0. The summed E-state index contributed by atoms with van der Waals surface area (Å²) in [6.45, 7) is 3.75. The van der Waals surface area contributed by atoms with Crippen LogP contribution < -0.4 is 10.0 Å². The number of H-pyrrole nitrogens is 1. The van der Waals surface area contributed by atoms with Gasteiger partial charge in [0.15, 0.2) is 5.82 Å². The summed E-state index contributed by atoms with van der Waals surface area (Å²) in [5.41, 5.74) is 0. The van der Waals surface area contributed by atoms with Gasteiger partial charge in [-0.1, -0.05) is 12.1 Å². The van der Waals surface area contributed by atoms with Crippen LogP contribution in [0.1, 0.15) is 25.6 Å². The number of hydrogen-bond acceptors (Lipinski definition) is 6. The van der Waals surface area contributed by atoms with Gasteiger partial charge in [-0.15, -0.1) is 10.2 Å². The lowest BCUT2D eigenvalue weighted by Gasteiger charge is -2.05. The number of aromatic amines is 1. The second kappa shape index (κ2) is 7.30. The third kappa shape index (κ3) is 6.29. The molecule has 0 radical (unpaired) electrons. The molecule has 1 aromatic heterocycles. The Morgan fingerprint density at radius 3 is 2.82 bits per heavy atom. The minimum Gasteiger partial charge on any atom is -0.317 e. The lowest BCUT2D eigenvalue weighted by Crippen LogP contribution is -2.28. The van der Waals surface area contributed by atoms with Crippen LogP contribution in [0, 0.1) is 0 Å². The fraction of sp³-hybridized carbons (Fsp3) is 0.875. The van der Waals surface area contributed by atoms with Gasteiger partial charge in [0.05, 0.1) is 12.3 Å². The minimum absolute atomic E-state index is 0.0707. The van der Waals surface area contributed by atoms with E-state index in [9.17, 15) is 8.42 Å². The first kappa shape index (κ1) is 14.0. The first-order valence-corrected chi connectivity index (χ1v) is 7.19. The second-order valence-corrected chi connectivity index (χ2v) is 5.50. The van der Waals surface area contributed by atoms with Gasteiger partial charge in [0.2, 0.25) is 10.0 Å². The van der Waals surface area contributed by atoms with Crippen molar-refractivity contribution in [2.75, 3.05) is 18.8 Å². The molecule has 0 amide bonds. The molecule has 0 aromatic carbocycles. The molecule has 3 N–H and O–H groups in total. The molecular weight excluding hydrogens is 244 g/mol. The molecule has 0 atom stereocenters. The third-order valence-corrected chi connectivity index (χ3v) is 3.44. The van der Waals surface area contributed by atoms with E-state index in [1.54, 1.807) is 0 Å². The van der Waals surface area contributed by atoms with Gasteiger partial charge in [0, 0.05) is 0 Å². The van der Waals surface area contributed by atoms with Crippen LogP contribution in [0.5, 0.6) is 0 Å². The first-order valence-electron chi connectivity index (χ1n) is 5.54. The Morgan fingerprint density at radius 1 is 1.35 bits per heavy atom.